The smallest absolute Gasteiger partial charge is 0.143 e. The van der Waals surface area contributed by atoms with E-state index in [0.717, 1.165) is 12.8 Å². The maximum absolute atomic E-state index is 5.56. The zero-order chi connectivity index (χ0) is 15.5. The molecular weight excluding hydrogens is 288 g/mol. The van der Waals surface area contributed by atoms with E-state index < -0.39 is 0 Å². The fraction of sp³-hybridized carbons (Fsp3) is 1.00. The van der Waals surface area contributed by atoms with Gasteiger partial charge in [-0.2, -0.15) is 0 Å². The highest BCUT2D eigenvalue weighted by molar-refractivity contribution is 6.39. The number of rotatable bonds is 13. The first-order valence-corrected chi connectivity index (χ1v) is 11.2. The molecule has 4 nitrogen and oxygen atoms in total. The van der Waals surface area contributed by atoms with Crippen LogP contribution in [0, 0.1) is 0 Å². The number of ether oxygens (including phenoxy) is 4. The number of unbranched alkanes of at least 4 members (excludes halogenated alkanes) is 1. The summed E-state index contributed by atoms with van der Waals surface area (Å²) in [6, 6.07) is 2.56. The highest BCUT2D eigenvalue weighted by Gasteiger charge is 2.28. The Kier molecular flexibility index (Phi) is 11.1. The van der Waals surface area contributed by atoms with Gasteiger partial charge in [-0.3, -0.25) is 0 Å². The SMILES string of the molecule is CCC(OC)(OC)[SiH2]CCCC[SiH2]C(CC)(OC)OC. The lowest BCUT2D eigenvalue weighted by molar-refractivity contribution is -0.146. The first-order chi connectivity index (χ1) is 9.57. The molecule has 0 aromatic rings. The standard InChI is InChI=1S/C14H34O4Si2/c1-7-13(15-3,16-4)19-11-9-10-12-20-14(8-2,17-5)18-6/h7-12,19-20H2,1-6H3. The van der Waals surface area contributed by atoms with Gasteiger partial charge in [-0.25, -0.2) is 0 Å². The van der Waals surface area contributed by atoms with Crippen LogP contribution in [0.15, 0.2) is 0 Å². The lowest BCUT2D eigenvalue weighted by atomic mass is 10.4. The summed E-state index contributed by atoms with van der Waals surface area (Å²) in [7, 11) is 6.35. The fourth-order valence-electron chi connectivity index (χ4n) is 2.65. The van der Waals surface area contributed by atoms with Crippen molar-refractivity contribution in [2.45, 2.75) is 62.4 Å². The van der Waals surface area contributed by atoms with Crippen molar-refractivity contribution in [3.63, 3.8) is 0 Å². The van der Waals surface area contributed by atoms with Gasteiger partial charge in [-0.15, -0.1) is 0 Å². The Labute approximate surface area is 129 Å². The van der Waals surface area contributed by atoms with Gasteiger partial charge in [-0.05, 0) is 12.8 Å². The maximum atomic E-state index is 5.56. The molecule has 0 aliphatic carbocycles. The summed E-state index contributed by atoms with van der Waals surface area (Å²) in [5.74, 6) is 0. The second-order valence-electron chi connectivity index (χ2n) is 5.26. The van der Waals surface area contributed by atoms with Gasteiger partial charge in [0.25, 0.3) is 0 Å². The summed E-state index contributed by atoms with van der Waals surface area (Å²) >= 11 is 0. The van der Waals surface area contributed by atoms with Crippen LogP contribution in [0.2, 0.25) is 12.1 Å². The summed E-state index contributed by atoms with van der Waals surface area (Å²) < 4.78 is 22.2. The topological polar surface area (TPSA) is 36.9 Å². The van der Waals surface area contributed by atoms with E-state index in [2.05, 4.69) is 13.8 Å². The van der Waals surface area contributed by atoms with Crippen molar-refractivity contribution in [3.05, 3.63) is 0 Å². The molecule has 0 fully saturated rings. The molecule has 0 aliphatic rings. The molecule has 122 valence electrons. The first kappa shape index (κ1) is 20.3. The van der Waals surface area contributed by atoms with Crippen LogP contribution in [0.3, 0.4) is 0 Å². The lowest BCUT2D eigenvalue weighted by Gasteiger charge is -2.30. The Morgan fingerprint density at radius 3 is 1.15 bits per heavy atom. The van der Waals surface area contributed by atoms with Crippen LogP contribution in [0.1, 0.15) is 39.5 Å². The Bertz CT molecular complexity index is 191. The van der Waals surface area contributed by atoms with Crippen molar-refractivity contribution in [3.8, 4) is 0 Å². The zero-order valence-corrected chi connectivity index (χ0v) is 17.1. The van der Waals surface area contributed by atoms with Crippen molar-refractivity contribution in [1.29, 1.82) is 0 Å². The number of hydrogen-bond donors (Lipinski definition) is 0. The molecule has 0 aromatic heterocycles. The summed E-state index contributed by atoms with van der Waals surface area (Å²) in [6.07, 6.45) is 4.46. The van der Waals surface area contributed by atoms with Crippen LogP contribution in [-0.2, 0) is 18.9 Å². The molecule has 0 heterocycles. The molecule has 0 radical (unpaired) electrons. The molecule has 0 aromatic carbocycles. The second kappa shape index (κ2) is 10.9. The van der Waals surface area contributed by atoms with Crippen molar-refractivity contribution >= 4 is 19.0 Å². The average Bonchev–Trinajstić information content (AvgIpc) is 2.52. The van der Waals surface area contributed by atoms with Gasteiger partial charge in [0, 0.05) is 28.4 Å². The molecule has 0 saturated carbocycles. The fourth-order valence-corrected chi connectivity index (χ4v) is 6.46. The average molecular weight is 323 g/mol. The summed E-state index contributed by atoms with van der Waals surface area (Å²) in [5, 5.41) is 0. The van der Waals surface area contributed by atoms with Crippen LogP contribution in [0.5, 0.6) is 0 Å². The monoisotopic (exact) mass is 322 g/mol. The van der Waals surface area contributed by atoms with Crippen LogP contribution < -0.4 is 0 Å². The minimum absolute atomic E-state index is 0.246. The van der Waals surface area contributed by atoms with Crippen molar-refractivity contribution in [1.82, 2.24) is 0 Å². The molecule has 0 unspecified atom stereocenters. The quantitative estimate of drug-likeness (QED) is 0.293. The van der Waals surface area contributed by atoms with E-state index in [1.54, 1.807) is 28.4 Å². The zero-order valence-electron chi connectivity index (χ0n) is 14.3. The normalized spacial score (nSPS) is 14.1. The Morgan fingerprint density at radius 1 is 0.650 bits per heavy atom. The Morgan fingerprint density at radius 2 is 0.950 bits per heavy atom. The molecule has 0 N–H and O–H groups in total. The Balaban J connectivity index is 3.87. The summed E-state index contributed by atoms with van der Waals surface area (Å²) in [5.41, 5.74) is -0.493. The molecule has 0 spiro atoms. The minimum atomic E-state index is -0.351. The molecule has 0 rings (SSSR count). The highest BCUT2D eigenvalue weighted by atomic mass is 28.2. The van der Waals surface area contributed by atoms with Gasteiger partial charge in [0.05, 0.1) is 19.0 Å². The van der Waals surface area contributed by atoms with E-state index in [1.807, 2.05) is 0 Å². The molecule has 0 aliphatic heterocycles. The van der Waals surface area contributed by atoms with Gasteiger partial charge in [0.1, 0.15) is 10.8 Å². The second-order valence-corrected chi connectivity index (χ2v) is 9.83. The van der Waals surface area contributed by atoms with E-state index in [9.17, 15) is 0 Å². The van der Waals surface area contributed by atoms with Crippen LogP contribution in [0.4, 0.5) is 0 Å². The minimum Gasteiger partial charge on any atom is -0.358 e. The molecule has 0 amide bonds. The first-order valence-electron chi connectivity index (χ1n) is 7.78. The van der Waals surface area contributed by atoms with Gasteiger partial charge < -0.3 is 18.9 Å². The van der Waals surface area contributed by atoms with E-state index >= 15 is 0 Å². The van der Waals surface area contributed by atoms with E-state index in [-0.39, 0.29) is 29.9 Å². The number of methoxy groups -OCH3 is 4. The third kappa shape index (κ3) is 6.36. The van der Waals surface area contributed by atoms with Crippen molar-refractivity contribution < 1.29 is 18.9 Å². The number of hydrogen-bond acceptors (Lipinski definition) is 4. The van der Waals surface area contributed by atoms with E-state index in [4.69, 9.17) is 18.9 Å². The maximum Gasteiger partial charge on any atom is 0.143 e. The predicted molar refractivity (Wildman–Crippen MR) is 90.0 cm³/mol. The predicted octanol–water partition coefficient (Wildman–Crippen LogP) is 1.65. The van der Waals surface area contributed by atoms with Crippen molar-refractivity contribution in [2.75, 3.05) is 28.4 Å². The summed E-state index contributed by atoms with van der Waals surface area (Å²) in [6.45, 7) is 4.28. The van der Waals surface area contributed by atoms with E-state index in [1.165, 1.54) is 24.9 Å². The van der Waals surface area contributed by atoms with Crippen molar-refractivity contribution in [2.24, 2.45) is 0 Å². The lowest BCUT2D eigenvalue weighted by Crippen LogP contribution is -2.40. The highest BCUT2D eigenvalue weighted by Crippen LogP contribution is 2.19. The molecule has 0 atom stereocenters. The van der Waals surface area contributed by atoms with E-state index in [0.29, 0.717) is 0 Å². The van der Waals surface area contributed by atoms with Gasteiger partial charge in [-0.1, -0.05) is 38.8 Å². The van der Waals surface area contributed by atoms with Crippen LogP contribution in [-0.4, -0.2) is 58.3 Å². The van der Waals surface area contributed by atoms with Gasteiger partial charge >= 0.3 is 0 Å². The third-order valence-corrected chi connectivity index (χ3v) is 9.82. The molecular formula is C14H34O4Si2. The summed E-state index contributed by atoms with van der Waals surface area (Å²) in [4.78, 5) is 0. The van der Waals surface area contributed by atoms with Crippen LogP contribution in [0.25, 0.3) is 0 Å². The van der Waals surface area contributed by atoms with Gasteiger partial charge in [0.2, 0.25) is 0 Å². The molecule has 6 heteroatoms. The molecule has 0 saturated heterocycles. The molecule has 20 heavy (non-hydrogen) atoms. The molecule has 0 bridgehead atoms. The van der Waals surface area contributed by atoms with Gasteiger partial charge in [0.15, 0.2) is 0 Å². The Hall–Kier alpha value is 0.274. The third-order valence-electron chi connectivity index (χ3n) is 4.43. The van der Waals surface area contributed by atoms with Crippen LogP contribution >= 0.6 is 0 Å². The largest absolute Gasteiger partial charge is 0.358 e.